The van der Waals surface area contributed by atoms with E-state index in [0.29, 0.717) is 18.4 Å². The average Bonchev–Trinajstić information content (AvgIpc) is 2.18. The van der Waals surface area contributed by atoms with Crippen molar-refractivity contribution in [3.05, 3.63) is 12.3 Å². The van der Waals surface area contributed by atoms with E-state index >= 15 is 0 Å². The number of hydrogen-bond acceptors (Lipinski definition) is 6. The molecule has 3 N–H and O–H groups in total. The fraction of sp³-hybridized carbons (Fsp3) is 0.500. The zero-order chi connectivity index (χ0) is 10.4. The molecular weight excluding hydrogens is 184 g/mol. The SMILES string of the molecule is COCC(C)Oc1ccnc(NN)n1. The number of rotatable bonds is 5. The van der Waals surface area contributed by atoms with Crippen LogP contribution in [0.1, 0.15) is 6.92 Å². The summed E-state index contributed by atoms with van der Waals surface area (Å²) in [6.07, 6.45) is 1.51. The first-order valence-electron chi connectivity index (χ1n) is 4.21. The van der Waals surface area contributed by atoms with Crippen LogP contribution >= 0.6 is 0 Å². The number of ether oxygens (including phenoxy) is 2. The second-order valence-electron chi connectivity index (χ2n) is 2.75. The highest BCUT2D eigenvalue weighted by Gasteiger charge is 2.04. The summed E-state index contributed by atoms with van der Waals surface area (Å²) in [5, 5.41) is 0. The lowest BCUT2D eigenvalue weighted by molar-refractivity contribution is 0.0890. The van der Waals surface area contributed by atoms with E-state index in [0.717, 1.165) is 0 Å². The molecule has 0 spiro atoms. The lowest BCUT2D eigenvalue weighted by Crippen LogP contribution is -2.19. The van der Waals surface area contributed by atoms with Gasteiger partial charge < -0.3 is 9.47 Å². The molecule has 0 saturated heterocycles. The molecule has 6 nitrogen and oxygen atoms in total. The second-order valence-corrected chi connectivity index (χ2v) is 2.75. The van der Waals surface area contributed by atoms with Gasteiger partial charge in [0.25, 0.3) is 0 Å². The normalized spacial score (nSPS) is 12.2. The minimum Gasteiger partial charge on any atom is -0.472 e. The van der Waals surface area contributed by atoms with Crippen molar-refractivity contribution in [1.82, 2.24) is 9.97 Å². The highest BCUT2D eigenvalue weighted by molar-refractivity contribution is 5.25. The molecule has 0 aliphatic heterocycles. The van der Waals surface area contributed by atoms with Crippen molar-refractivity contribution in [2.24, 2.45) is 5.84 Å². The van der Waals surface area contributed by atoms with Crippen LogP contribution in [0.3, 0.4) is 0 Å². The highest BCUT2D eigenvalue weighted by Crippen LogP contribution is 2.09. The topological polar surface area (TPSA) is 82.3 Å². The monoisotopic (exact) mass is 198 g/mol. The summed E-state index contributed by atoms with van der Waals surface area (Å²) >= 11 is 0. The highest BCUT2D eigenvalue weighted by atomic mass is 16.5. The summed E-state index contributed by atoms with van der Waals surface area (Å²) in [6.45, 7) is 2.40. The van der Waals surface area contributed by atoms with Gasteiger partial charge in [0.1, 0.15) is 6.10 Å². The van der Waals surface area contributed by atoms with E-state index < -0.39 is 0 Å². The minimum atomic E-state index is -0.0551. The number of aromatic nitrogens is 2. The lowest BCUT2D eigenvalue weighted by atomic mass is 10.4. The van der Waals surface area contributed by atoms with Crippen molar-refractivity contribution >= 4 is 5.95 Å². The van der Waals surface area contributed by atoms with Gasteiger partial charge in [-0.3, -0.25) is 5.43 Å². The Morgan fingerprint density at radius 2 is 2.43 bits per heavy atom. The van der Waals surface area contributed by atoms with Gasteiger partial charge in [-0.1, -0.05) is 0 Å². The number of nitrogens with one attached hydrogen (secondary N) is 1. The molecule has 0 fully saturated rings. The molecule has 14 heavy (non-hydrogen) atoms. The van der Waals surface area contributed by atoms with Gasteiger partial charge in [-0.25, -0.2) is 10.8 Å². The molecule has 78 valence electrons. The van der Waals surface area contributed by atoms with Crippen LogP contribution < -0.4 is 16.0 Å². The second kappa shape index (κ2) is 5.36. The number of hydrogen-bond donors (Lipinski definition) is 2. The zero-order valence-corrected chi connectivity index (χ0v) is 8.23. The number of hydrazine groups is 1. The Labute approximate surface area is 82.4 Å². The largest absolute Gasteiger partial charge is 0.472 e. The maximum atomic E-state index is 5.43. The molecule has 1 unspecified atom stereocenters. The molecular formula is C8H14N4O2. The lowest BCUT2D eigenvalue weighted by Gasteiger charge is -2.12. The van der Waals surface area contributed by atoms with E-state index in [4.69, 9.17) is 15.3 Å². The van der Waals surface area contributed by atoms with Crippen LogP contribution in [-0.2, 0) is 4.74 Å². The van der Waals surface area contributed by atoms with E-state index in [-0.39, 0.29) is 6.10 Å². The Bertz CT molecular complexity index is 282. The summed E-state index contributed by atoms with van der Waals surface area (Å²) in [6, 6.07) is 1.66. The van der Waals surface area contributed by atoms with Crippen LogP contribution in [-0.4, -0.2) is 29.8 Å². The molecule has 1 aromatic rings. The van der Waals surface area contributed by atoms with Gasteiger partial charge in [-0.05, 0) is 6.92 Å². The van der Waals surface area contributed by atoms with Crippen LogP contribution in [0.2, 0.25) is 0 Å². The molecule has 0 amide bonds. The third kappa shape index (κ3) is 3.15. The van der Waals surface area contributed by atoms with Crippen molar-refractivity contribution < 1.29 is 9.47 Å². The van der Waals surface area contributed by atoms with Crippen molar-refractivity contribution in [3.63, 3.8) is 0 Å². The Kier molecular flexibility index (Phi) is 4.09. The molecule has 1 aromatic heterocycles. The molecule has 0 bridgehead atoms. The number of nitrogens with zero attached hydrogens (tertiary/aromatic N) is 2. The Balaban J connectivity index is 2.57. The quantitative estimate of drug-likeness (QED) is 0.518. The van der Waals surface area contributed by atoms with Crippen molar-refractivity contribution in [1.29, 1.82) is 0 Å². The maximum Gasteiger partial charge on any atom is 0.240 e. The molecule has 1 rings (SSSR count). The Hall–Kier alpha value is -1.40. The van der Waals surface area contributed by atoms with Crippen LogP contribution in [0, 0.1) is 0 Å². The first-order valence-corrected chi connectivity index (χ1v) is 4.21. The molecule has 0 aromatic carbocycles. The standard InChI is InChI=1S/C8H14N4O2/c1-6(5-13-2)14-7-3-4-10-8(11-7)12-9/h3-4,6H,5,9H2,1-2H3,(H,10,11,12). The summed E-state index contributed by atoms with van der Waals surface area (Å²) in [5.41, 5.74) is 2.34. The Morgan fingerprint density at radius 3 is 3.07 bits per heavy atom. The minimum absolute atomic E-state index is 0.0551. The number of anilines is 1. The van der Waals surface area contributed by atoms with E-state index in [9.17, 15) is 0 Å². The molecule has 0 aliphatic rings. The summed E-state index contributed by atoms with van der Waals surface area (Å²) in [4.78, 5) is 7.84. The van der Waals surface area contributed by atoms with Gasteiger partial charge in [0.05, 0.1) is 6.61 Å². The first-order chi connectivity index (χ1) is 6.76. The van der Waals surface area contributed by atoms with Gasteiger partial charge in [0.2, 0.25) is 11.8 Å². The van der Waals surface area contributed by atoms with Gasteiger partial charge in [0.15, 0.2) is 0 Å². The smallest absolute Gasteiger partial charge is 0.240 e. The third-order valence-electron chi connectivity index (χ3n) is 1.48. The number of nitrogen functional groups attached to an aromatic ring is 1. The molecule has 0 aliphatic carbocycles. The first kappa shape index (κ1) is 10.7. The summed E-state index contributed by atoms with van der Waals surface area (Å²) in [7, 11) is 1.62. The molecule has 1 heterocycles. The van der Waals surface area contributed by atoms with Crippen LogP contribution in [0.5, 0.6) is 5.88 Å². The van der Waals surface area contributed by atoms with Gasteiger partial charge >= 0.3 is 0 Å². The van der Waals surface area contributed by atoms with E-state index in [1.165, 1.54) is 0 Å². The fourth-order valence-corrected chi connectivity index (χ4v) is 0.952. The van der Waals surface area contributed by atoms with Gasteiger partial charge in [-0.15, -0.1) is 0 Å². The average molecular weight is 198 g/mol. The van der Waals surface area contributed by atoms with Gasteiger partial charge in [-0.2, -0.15) is 4.98 Å². The summed E-state index contributed by atoms with van der Waals surface area (Å²) in [5.74, 6) is 5.95. The van der Waals surface area contributed by atoms with Crippen LogP contribution in [0.4, 0.5) is 5.95 Å². The molecule has 0 radical (unpaired) electrons. The van der Waals surface area contributed by atoms with E-state index in [1.54, 1.807) is 19.4 Å². The number of nitrogens with two attached hydrogens (primary N) is 1. The van der Waals surface area contributed by atoms with Crippen molar-refractivity contribution in [2.75, 3.05) is 19.1 Å². The fourth-order valence-electron chi connectivity index (χ4n) is 0.952. The summed E-state index contributed by atoms with van der Waals surface area (Å²) < 4.78 is 10.3. The zero-order valence-electron chi connectivity index (χ0n) is 8.23. The van der Waals surface area contributed by atoms with Gasteiger partial charge in [0, 0.05) is 19.4 Å². The van der Waals surface area contributed by atoms with E-state index in [2.05, 4.69) is 15.4 Å². The van der Waals surface area contributed by atoms with Crippen molar-refractivity contribution in [2.45, 2.75) is 13.0 Å². The molecule has 1 atom stereocenters. The van der Waals surface area contributed by atoms with Crippen LogP contribution in [0.15, 0.2) is 12.3 Å². The van der Waals surface area contributed by atoms with E-state index in [1.807, 2.05) is 6.92 Å². The predicted molar refractivity (Wildman–Crippen MR) is 51.8 cm³/mol. The molecule has 0 saturated carbocycles. The number of methoxy groups -OCH3 is 1. The predicted octanol–water partition coefficient (Wildman–Crippen LogP) is 0.176. The Morgan fingerprint density at radius 1 is 1.64 bits per heavy atom. The molecule has 6 heteroatoms. The maximum absolute atomic E-state index is 5.43. The van der Waals surface area contributed by atoms with Crippen molar-refractivity contribution in [3.8, 4) is 5.88 Å². The van der Waals surface area contributed by atoms with Crippen LogP contribution in [0.25, 0.3) is 0 Å². The third-order valence-corrected chi connectivity index (χ3v) is 1.48.